The topological polar surface area (TPSA) is 41.1 Å². The number of benzene rings is 1. The van der Waals surface area contributed by atoms with Gasteiger partial charge in [-0.2, -0.15) is 0 Å². The summed E-state index contributed by atoms with van der Waals surface area (Å²) in [6.07, 6.45) is 0. The van der Waals surface area contributed by atoms with Crippen molar-refractivity contribution in [3.05, 3.63) is 29.3 Å². The molecule has 2 rings (SSSR count). The lowest BCUT2D eigenvalue weighted by atomic mass is 10.3. The summed E-state index contributed by atoms with van der Waals surface area (Å²) in [5.74, 6) is 1.67. The minimum Gasteiger partial charge on any atom is -0.325 e. The van der Waals surface area contributed by atoms with E-state index in [0.717, 1.165) is 17.3 Å². The highest BCUT2D eigenvalue weighted by Crippen LogP contribution is 2.16. The van der Waals surface area contributed by atoms with Crippen molar-refractivity contribution in [1.29, 1.82) is 0 Å². The van der Waals surface area contributed by atoms with Crippen LogP contribution in [-0.4, -0.2) is 23.6 Å². The first-order chi connectivity index (χ1) is 7.25. The predicted molar refractivity (Wildman–Crippen MR) is 64.3 cm³/mol. The maximum atomic E-state index is 11.7. The first-order valence-corrected chi connectivity index (χ1v) is 6.16. The van der Waals surface area contributed by atoms with Crippen LogP contribution in [0.1, 0.15) is 0 Å². The molecule has 1 aromatic rings. The number of thioether (sulfide) groups is 1. The third kappa shape index (κ3) is 2.87. The van der Waals surface area contributed by atoms with Gasteiger partial charge in [0.2, 0.25) is 5.91 Å². The summed E-state index contributed by atoms with van der Waals surface area (Å²) < 4.78 is 0. The maximum absolute atomic E-state index is 11.7. The van der Waals surface area contributed by atoms with E-state index in [1.165, 1.54) is 0 Å². The van der Waals surface area contributed by atoms with Gasteiger partial charge in [0.25, 0.3) is 0 Å². The van der Waals surface area contributed by atoms with Crippen molar-refractivity contribution in [2.24, 2.45) is 0 Å². The highest BCUT2D eigenvalue weighted by Gasteiger charge is 2.22. The minimum absolute atomic E-state index is 0.00210. The second-order valence-corrected chi connectivity index (χ2v) is 4.74. The van der Waals surface area contributed by atoms with E-state index >= 15 is 0 Å². The van der Waals surface area contributed by atoms with Crippen LogP contribution in [0.2, 0.25) is 5.02 Å². The molecule has 0 aliphatic carbocycles. The van der Waals surface area contributed by atoms with E-state index in [0.29, 0.717) is 5.02 Å². The van der Waals surface area contributed by atoms with Crippen LogP contribution in [0.15, 0.2) is 24.3 Å². The van der Waals surface area contributed by atoms with E-state index < -0.39 is 0 Å². The first-order valence-electron chi connectivity index (χ1n) is 4.63. The zero-order chi connectivity index (χ0) is 10.7. The Morgan fingerprint density at radius 3 is 3.13 bits per heavy atom. The molecular weight excluding hydrogens is 232 g/mol. The standard InChI is InChI=1S/C10H11ClN2OS/c11-7-2-1-3-8(4-7)13-10(14)9-5-15-6-12-9/h1-4,9,12H,5-6H2,(H,13,14)/t9-/m0/s1. The fourth-order valence-electron chi connectivity index (χ4n) is 1.36. The lowest BCUT2D eigenvalue weighted by Gasteiger charge is -2.10. The van der Waals surface area contributed by atoms with Gasteiger partial charge in [-0.15, -0.1) is 11.8 Å². The number of rotatable bonds is 2. The fourth-order valence-corrected chi connectivity index (χ4v) is 2.49. The molecule has 0 unspecified atom stereocenters. The Morgan fingerprint density at radius 2 is 2.47 bits per heavy atom. The highest BCUT2D eigenvalue weighted by molar-refractivity contribution is 7.99. The van der Waals surface area contributed by atoms with Gasteiger partial charge in [-0.3, -0.25) is 10.1 Å². The summed E-state index contributed by atoms with van der Waals surface area (Å²) in [7, 11) is 0. The van der Waals surface area contributed by atoms with Crippen molar-refractivity contribution >= 4 is 35.0 Å². The Hall–Kier alpha value is -0.710. The number of hydrogen-bond donors (Lipinski definition) is 2. The molecule has 1 saturated heterocycles. The number of carbonyl (C=O) groups is 1. The molecule has 0 bridgehead atoms. The number of halogens is 1. The van der Waals surface area contributed by atoms with Gasteiger partial charge in [0.15, 0.2) is 0 Å². The summed E-state index contributed by atoms with van der Waals surface area (Å²) in [6.45, 7) is 0. The zero-order valence-corrected chi connectivity index (χ0v) is 9.57. The van der Waals surface area contributed by atoms with E-state index in [1.807, 2.05) is 12.1 Å². The van der Waals surface area contributed by atoms with Crippen LogP contribution >= 0.6 is 23.4 Å². The van der Waals surface area contributed by atoms with Crippen LogP contribution in [0.5, 0.6) is 0 Å². The Labute approximate surface area is 97.6 Å². The summed E-state index contributed by atoms with van der Waals surface area (Å²) in [4.78, 5) is 11.7. The predicted octanol–water partition coefficient (Wildman–Crippen LogP) is 1.94. The van der Waals surface area contributed by atoms with Gasteiger partial charge in [-0.1, -0.05) is 17.7 Å². The van der Waals surface area contributed by atoms with Crippen LogP contribution in [0, 0.1) is 0 Å². The Bertz CT molecular complexity index is 366. The van der Waals surface area contributed by atoms with Crippen molar-refractivity contribution in [2.45, 2.75) is 6.04 Å². The number of hydrogen-bond acceptors (Lipinski definition) is 3. The van der Waals surface area contributed by atoms with E-state index in [2.05, 4.69) is 10.6 Å². The summed E-state index contributed by atoms with van der Waals surface area (Å²) >= 11 is 7.54. The number of carbonyl (C=O) groups excluding carboxylic acids is 1. The largest absolute Gasteiger partial charge is 0.325 e. The molecule has 1 atom stereocenters. The van der Waals surface area contributed by atoms with Gasteiger partial charge in [0.05, 0.1) is 6.04 Å². The average molecular weight is 243 g/mol. The second-order valence-electron chi connectivity index (χ2n) is 3.27. The SMILES string of the molecule is O=C(Nc1cccc(Cl)c1)[C@@H]1CSCN1. The molecule has 0 spiro atoms. The molecule has 1 fully saturated rings. The Kier molecular flexibility index (Phi) is 3.51. The molecule has 15 heavy (non-hydrogen) atoms. The third-order valence-corrected chi connectivity index (χ3v) is 3.30. The Morgan fingerprint density at radius 1 is 1.60 bits per heavy atom. The van der Waals surface area contributed by atoms with Crippen LogP contribution in [0.4, 0.5) is 5.69 Å². The molecule has 1 aromatic carbocycles. The molecule has 1 aliphatic rings. The van der Waals surface area contributed by atoms with E-state index in [4.69, 9.17) is 11.6 Å². The molecule has 1 aliphatic heterocycles. The molecule has 0 saturated carbocycles. The fraction of sp³-hybridized carbons (Fsp3) is 0.300. The summed E-state index contributed by atoms with van der Waals surface area (Å²) in [6, 6.07) is 7.07. The van der Waals surface area contributed by atoms with Gasteiger partial charge in [0, 0.05) is 22.3 Å². The van der Waals surface area contributed by atoms with Gasteiger partial charge in [-0.25, -0.2) is 0 Å². The zero-order valence-electron chi connectivity index (χ0n) is 8.00. The van der Waals surface area contributed by atoms with Crippen molar-refractivity contribution in [3.8, 4) is 0 Å². The van der Waals surface area contributed by atoms with Crippen molar-refractivity contribution in [2.75, 3.05) is 16.9 Å². The molecule has 3 nitrogen and oxygen atoms in total. The van der Waals surface area contributed by atoms with Crippen molar-refractivity contribution in [3.63, 3.8) is 0 Å². The van der Waals surface area contributed by atoms with Crippen LogP contribution in [-0.2, 0) is 4.79 Å². The minimum atomic E-state index is -0.0889. The van der Waals surface area contributed by atoms with Gasteiger partial charge in [0.1, 0.15) is 0 Å². The molecular formula is C10H11ClN2OS. The third-order valence-electron chi connectivity index (χ3n) is 2.12. The number of amides is 1. The lowest BCUT2D eigenvalue weighted by Crippen LogP contribution is -2.37. The van der Waals surface area contributed by atoms with Crippen LogP contribution < -0.4 is 10.6 Å². The van der Waals surface area contributed by atoms with Crippen molar-refractivity contribution < 1.29 is 4.79 Å². The van der Waals surface area contributed by atoms with E-state index in [1.54, 1.807) is 23.9 Å². The summed E-state index contributed by atoms with van der Waals surface area (Å²) in [5, 5.41) is 6.56. The second kappa shape index (κ2) is 4.88. The molecule has 0 aromatic heterocycles. The van der Waals surface area contributed by atoms with Crippen LogP contribution in [0.3, 0.4) is 0 Å². The molecule has 80 valence electrons. The van der Waals surface area contributed by atoms with Gasteiger partial charge in [-0.05, 0) is 18.2 Å². The maximum Gasteiger partial charge on any atom is 0.242 e. The first kappa shape index (κ1) is 10.8. The normalized spacial score (nSPS) is 20.2. The molecule has 2 N–H and O–H groups in total. The number of anilines is 1. The Balaban J connectivity index is 1.99. The van der Waals surface area contributed by atoms with Gasteiger partial charge < -0.3 is 5.32 Å². The molecule has 1 heterocycles. The van der Waals surface area contributed by atoms with E-state index in [-0.39, 0.29) is 11.9 Å². The van der Waals surface area contributed by atoms with Crippen LogP contribution in [0.25, 0.3) is 0 Å². The monoisotopic (exact) mass is 242 g/mol. The average Bonchev–Trinajstić information content (AvgIpc) is 2.70. The summed E-state index contributed by atoms with van der Waals surface area (Å²) in [5.41, 5.74) is 0.742. The molecule has 5 heteroatoms. The highest BCUT2D eigenvalue weighted by atomic mass is 35.5. The number of nitrogens with one attached hydrogen (secondary N) is 2. The lowest BCUT2D eigenvalue weighted by molar-refractivity contribution is -0.117. The quantitative estimate of drug-likeness (QED) is 0.833. The van der Waals surface area contributed by atoms with Gasteiger partial charge >= 0.3 is 0 Å². The molecule has 1 amide bonds. The smallest absolute Gasteiger partial charge is 0.242 e. The molecule has 0 radical (unpaired) electrons. The van der Waals surface area contributed by atoms with Crippen molar-refractivity contribution in [1.82, 2.24) is 5.32 Å². The van der Waals surface area contributed by atoms with E-state index in [9.17, 15) is 4.79 Å².